The number of piperidine rings is 1. The molecule has 1 aromatic rings. The summed E-state index contributed by atoms with van der Waals surface area (Å²) in [5, 5.41) is 3.69. The molecule has 2 heterocycles. The van der Waals surface area contributed by atoms with Gasteiger partial charge in [0.1, 0.15) is 11.5 Å². The van der Waals surface area contributed by atoms with Crippen molar-refractivity contribution in [3.8, 4) is 11.5 Å². The molecule has 0 radical (unpaired) electrons. The summed E-state index contributed by atoms with van der Waals surface area (Å²) in [6, 6.07) is 7.25. The van der Waals surface area contributed by atoms with E-state index in [-0.39, 0.29) is 0 Å². The van der Waals surface area contributed by atoms with E-state index in [1.807, 2.05) is 18.2 Å². The second-order valence-corrected chi connectivity index (χ2v) is 5.74. The first-order chi connectivity index (χ1) is 9.80. The highest BCUT2D eigenvalue weighted by Gasteiger charge is 2.35. The molecule has 0 aromatic heterocycles. The van der Waals surface area contributed by atoms with Crippen LogP contribution in [0.4, 0.5) is 5.69 Å². The van der Waals surface area contributed by atoms with Crippen LogP contribution >= 0.6 is 0 Å². The zero-order chi connectivity index (χ0) is 13.9. The molecule has 1 N–H and O–H groups in total. The average Bonchev–Trinajstić information content (AvgIpc) is 2.90. The minimum atomic E-state index is 0.548. The Morgan fingerprint density at radius 1 is 1.00 bits per heavy atom. The summed E-state index contributed by atoms with van der Waals surface area (Å²) >= 11 is 0. The van der Waals surface area contributed by atoms with E-state index in [1.54, 1.807) is 14.2 Å². The summed E-state index contributed by atoms with van der Waals surface area (Å²) in [5.74, 6) is 1.68. The van der Waals surface area contributed by atoms with E-state index in [0.29, 0.717) is 12.1 Å². The van der Waals surface area contributed by atoms with Gasteiger partial charge in [-0.2, -0.15) is 0 Å². The number of hydrogen-bond donors (Lipinski definition) is 1. The van der Waals surface area contributed by atoms with Crippen molar-refractivity contribution in [1.29, 1.82) is 0 Å². The van der Waals surface area contributed by atoms with Crippen LogP contribution in [0.1, 0.15) is 25.7 Å². The highest BCUT2D eigenvalue weighted by Crippen LogP contribution is 2.32. The van der Waals surface area contributed by atoms with Gasteiger partial charge in [-0.15, -0.1) is 0 Å². The number of hydrogen-bond acceptors (Lipinski definition) is 4. The number of rotatable bonds is 4. The van der Waals surface area contributed by atoms with E-state index in [4.69, 9.17) is 9.47 Å². The van der Waals surface area contributed by atoms with Crippen LogP contribution in [0.2, 0.25) is 0 Å². The highest BCUT2D eigenvalue weighted by molar-refractivity contribution is 5.54. The first-order valence-corrected chi connectivity index (χ1v) is 7.54. The van der Waals surface area contributed by atoms with Gasteiger partial charge in [0, 0.05) is 42.5 Å². The third-order valence-electron chi connectivity index (χ3n) is 4.56. The fourth-order valence-corrected chi connectivity index (χ4v) is 3.52. The lowest BCUT2D eigenvalue weighted by molar-refractivity contribution is 0.193. The van der Waals surface area contributed by atoms with Crippen LogP contribution in [0.3, 0.4) is 0 Å². The van der Waals surface area contributed by atoms with Crippen LogP contribution < -0.4 is 14.8 Å². The molecule has 2 saturated heterocycles. The van der Waals surface area contributed by atoms with Crippen LogP contribution in [0.15, 0.2) is 18.2 Å². The predicted octanol–water partition coefficient (Wildman–Crippen LogP) is 2.74. The molecule has 1 aromatic carbocycles. The fraction of sp³-hybridized carbons (Fsp3) is 0.625. The van der Waals surface area contributed by atoms with Gasteiger partial charge in [0.15, 0.2) is 0 Å². The lowest BCUT2D eigenvalue weighted by Gasteiger charge is -2.33. The van der Waals surface area contributed by atoms with Gasteiger partial charge in [-0.05, 0) is 25.8 Å². The van der Waals surface area contributed by atoms with E-state index in [0.717, 1.165) is 17.2 Å². The number of ether oxygens (including phenoxy) is 2. The average molecular weight is 276 g/mol. The standard InChI is InChI=1S/C16H24N2O2/c1-19-13-9-12(10-14(11-13)20-2)17-15-6-8-18-7-4-3-5-16(15)18/h9-11,15-17H,3-8H2,1-2H3. The van der Waals surface area contributed by atoms with Gasteiger partial charge < -0.3 is 14.8 Å². The molecule has 2 aliphatic rings. The molecule has 0 amide bonds. The molecule has 20 heavy (non-hydrogen) atoms. The Hall–Kier alpha value is -1.42. The van der Waals surface area contributed by atoms with Crippen LogP contribution in [0.25, 0.3) is 0 Å². The molecule has 0 spiro atoms. The van der Waals surface area contributed by atoms with Crippen molar-refractivity contribution in [3.05, 3.63) is 18.2 Å². The maximum absolute atomic E-state index is 5.34. The monoisotopic (exact) mass is 276 g/mol. The molecule has 2 aliphatic heterocycles. The summed E-state index contributed by atoms with van der Waals surface area (Å²) < 4.78 is 10.7. The third kappa shape index (κ3) is 2.70. The summed E-state index contributed by atoms with van der Waals surface area (Å²) in [6.07, 6.45) is 5.26. The molecule has 3 rings (SSSR count). The van der Waals surface area contributed by atoms with Gasteiger partial charge in [-0.1, -0.05) is 6.42 Å². The number of anilines is 1. The number of nitrogens with zero attached hydrogens (tertiary/aromatic N) is 1. The van der Waals surface area contributed by atoms with Gasteiger partial charge in [0.05, 0.1) is 14.2 Å². The normalized spacial score (nSPS) is 26.1. The van der Waals surface area contributed by atoms with Crippen molar-refractivity contribution in [1.82, 2.24) is 4.90 Å². The maximum Gasteiger partial charge on any atom is 0.124 e. The minimum Gasteiger partial charge on any atom is -0.497 e. The Balaban J connectivity index is 1.74. The fourth-order valence-electron chi connectivity index (χ4n) is 3.52. The molecule has 0 bridgehead atoms. The molecule has 2 atom stereocenters. The van der Waals surface area contributed by atoms with Crippen molar-refractivity contribution in [3.63, 3.8) is 0 Å². The Bertz CT molecular complexity index is 442. The van der Waals surface area contributed by atoms with Crippen LogP contribution in [0, 0.1) is 0 Å². The van der Waals surface area contributed by atoms with E-state index < -0.39 is 0 Å². The largest absolute Gasteiger partial charge is 0.497 e. The summed E-state index contributed by atoms with van der Waals surface area (Å²) in [7, 11) is 3.38. The quantitative estimate of drug-likeness (QED) is 0.917. The Morgan fingerprint density at radius 3 is 2.45 bits per heavy atom. The SMILES string of the molecule is COc1cc(NC2CCN3CCCCC23)cc(OC)c1. The topological polar surface area (TPSA) is 33.7 Å². The first-order valence-electron chi connectivity index (χ1n) is 7.54. The van der Waals surface area contributed by atoms with Crippen LogP contribution in [0.5, 0.6) is 11.5 Å². The van der Waals surface area contributed by atoms with Gasteiger partial charge >= 0.3 is 0 Å². The number of nitrogens with one attached hydrogen (secondary N) is 1. The summed E-state index contributed by atoms with van der Waals surface area (Å²) in [6.45, 7) is 2.49. The zero-order valence-electron chi connectivity index (χ0n) is 12.4. The van der Waals surface area contributed by atoms with E-state index in [1.165, 1.54) is 38.8 Å². The second-order valence-electron chi connectivity index (χ2n) is 5.74. The van der Waals surface area contributed by atoms with Crippen molar-refractivity contribution in [2.45, 2.75) is 37.8 Å². The molecule has 2 unspecified atom stereocenters. The molecular formula is C16H24N2O2. The van der Waals surface area contributed by atoms with Crippen molar-refractivity contribution < 1.29 is 9.47 Å². The van der Waals surface area contributed by atoms with E-state index in [2.05, 4.69) is 10.2 Å². The van der Waals surface area contributed by atoms with Gasteiger partial charge in [-0.3, -0.25) is 4.90 Å². The minimum absolute atomic E-state index is 0.548. The van der Waals surface area contributed by atoms with E-state index >= 15 is 0 Å². The van der Waals surface area contributed by atoms with Gasteiger partial charge in [-0.25, -0.2) is 0 Å². The molecular weight excluding hydrogens is 252 g/mol. The van der Waals surface area contributed by atoms with Crippen molar-refractivity contribution >= 4 is 5.69 Å². The Labute approximate surface area is 121 Å². The number of benzene rings is 1. The highest BCUT2D eigenvalue weighted by atomic mass is 16.5. The zero-order valence-corrected chi connectivity index (χ0v) is 12.4. The molecule has 0 aliphatic carbocycles. The molecule has 4 heteroatoms. The third-order valence-corrected chi connectivity index (χ3v) is 4.56. The first kappa shape index (κ1) is 13.6. The van der Waals surface area contributed by atoms with Crippen LogP contribution in [-0.4, -0.2) is 44.3 Å². The predicted molar refractivity (Wildman–Crippen MR) is 80.8 cm³/mol. The lowest BCUT2D eigenvalue weighted by atomic mass is 9.99. The molecule has 0 saturated carbocycles. The lowest BCUT2D eigenvalue weighted by Crippen LogP contribution is -2.41. The maximum atomic E-state index is 5.34. The smallest absolute Gasteiger partial charge is 0.124 e. The van der Waals surface area contributed by atoms with Gasteiger partial charge in [0.25, 0.3) is 0 Å². The van der Waals surface area contributed by atoms with Crippen molar-refractivity contribution in [2.24, 2.45) is 0 Å². The number of fused-ring (bicyclic) bond motifs is 1. The Kier molecular flexibility index (Phi) is 4.01. The summed E-state index contributed by atoms with van der Waals surface area (Å²) in [4.78, 5) is 2.64. The second kappa shape index (κ2) is 5.92. The van der Waals surface area contributed by atoms with E-state index in [9.17, 15) is 0 Å². The summed E-state index contributed by atoms with van der Waals surface area (Å²) in [5.41, 5.74) is 1.10. The van der Waals surface area contributed by atoms with Gasteiger partial charge in [0.2, 0.25) is 0 Å². The molecule has 4 nitrogen and oxygen atoms in total. The Morgan fingerprint density at radius 2 is 1.75 bits per heavy atom. The van der Waals surface area contributed by atoms with Crippen LogP contribution in [-0.2, 0) is 0 Å². The molecule has 2 fully saturated rings. The number of methoxy groups -OCH3 is 2. The molecule has 110 valence electrons. The van der Waals surface area contributed by atoms with Crippen molar-refractivity contribution in [2.75, 3.05) is 32.6 Å².